The molecule has 1 N–H and O–H groups in total. The highest BCUT2D eigenvalue weighted by atomic mass is 32.1. The number of amides is 1. The fourth-order valence-electron chi connectivity index (χ4n) is 1.54. The van der Waals surface area contributed by atoms with Crippen molar-refractivity contribution in [3.8, 4) is 6.07 Å². The van der Waals surface area contributed by atoms with Crippen molar-refractivity contribution in [3.63, 3.8) is 0 Å². The van der Waals surface area contributed by atoms with Crippen molar-refractivity contribution in [3.05, 3.63) is 52.4 Å². The van der Waals surface area contributed by atoms with Crippen LogP contribution in [0, 0.1) is 18.3 Å². The molecule has 96 valence electrons. The Hall–Kier alpha value is -2.32. The molecule has 0 fully saturated rings. The van der Waals surface area contributed by atoms with Crippen LogP contribution < -0.4 is 5.32 Å². The summed E-state index contributed by atoms with van der Waals surface area (Å²) in [7, 11) is 0. The molecule has 0 radical (unpaired) electrons. The summed E-state index contributed by atoms with van der Waals surface area (Å²) >= 11 is 1.35. The molecular weight excluding hydrogens is 260 g/mol. The van der Waals surface area contributed by atoms with Crippen LogP contribution in [0.15, 0.2) is 36.4 Å². The minimum absolute atomic E-state index is 0.207. The van der Waals surface area contributed by atoms with E-state index in [9.17, 15) is 4.79 Å². The molecule has 2 aromatic rings. The van der Waals surface area contributed by atoms with E-state index >= 15 is 0 Å². The standard InChI is InChI=1S/C14H12N2O2S/c1-10-7-12(8-15)13(19-10)16-14(17)18-9-11-5-3-2-4-6-11/h2-7H,9H2,1H3,(H,16,17). The van der Waals surface area contributed by atoms with E-state index < -0.39 is 6.09 Å². The van der Waals surface area contributed by atoms with E-state index in [-0.39, 0.29) is 6.61 Å². The Bertz CT molecular complexity index is 614. The maximum Gasteiger partial charge on any atom is 0.412 e. The number of aryl methyl sites for hydroxylation is 1. The first-order valence-corrected chi connectivity index (χ1v) is 6.49. The molecule has 4 nitrogen and oxygen atoms in total. The Morgan fingerprint density at radius 3 is 2.84 bits per heavy atom. The Labute approximate surface area is 115 Å². The molecule has 0 atom stereocenters. The zero-order chi connectivity index (χ0) is 13.7. The lowest BCUT2D eigenvalue weighted by atomic mass is 10.2. The third kappa shape index (κ3) is 3.57. The summed E-state index contributed by atoms with van der Waals surface area (Å²) in [6, 6.07) is 13.2. The first kappa shape index (κ1) is 13.1. The van der Waals surface area contributed by atoms with E-state index in [2.05, 4.69) is 5.32 Å². The van der Waals surface area contributed by atoms with Crippen LogP contribution in [0.4, 0.5) is 9.80 Å². The van der Waals surface area contributed by atoms with E-state index in [1.807, 2.05) is 43.3 Å². The number of nitriles is 1. The van der Waals surface area contributed by atoms with E-state index in [0.29, 0.717) is 10.6 Å². The van der Waals surface area contributed by atoms with E-state index in [0.717, 1.165) is 10.4 Å². The van der Waals surface area contributed by atoms with Gasteiger partial charge in [-0.25, -0.2) is 4.79 Å². The molecule has 1 heterocycles. The van der Waals surface area contributed by atoms with Gasteiger partial charge in [-0.15, -0.1) is 11.3 Å². The number of carbonyl (C=O) groups is 1. The number of benzene rings is 1. The molecule has 0 unspecified atom stereocenters. The van der Waals surface area contributed by atoms with Gasteiger partial charge in [-0.2, -0.15) is 5.26 Å². The number of rotatable bonds is 3. The number of nitrogens with zero attached hydrogens (tertiary/aromatic N) is 1. The number of thiophene rings is 1. The van der Waals surface area contributed by atoms with Gasteiger partial charge in [0.25, 0.3) is 0 Å². The van der Waals surface area contributed by atoms with Gasteiger partial charge in [0.15, 0.2) is 0 Å². The van der Waals surface area contributed by atoms with E-state index in [4.69, 9.17) is 10.00 Å². The lowest BCUT2D eigenvalue weighted by Crippen LogP contribution is -2.13. The van der Waals surface area contributed by atoms with Crippen LogP contribution in [-0.4, -0.2) is 6.09 Å². The highest BCUT2D eigenvalue weighted by Crippen LogP contribution is 2.26. The number of nitrogens with one attached hydrogen (secondary N) is 1. The molecule has 2 rings (SSSR count). The highest BCUT2D eigenvalue weighted by Gasteiger charge is 2.10. The second-order valence-electron chi connectivity index (χ2n) is 3.90. The summed E-state index contributed by atoms with van der Waals surface area (Å²) in [6.07, 6.45) is -0.554. The van der Waals surface area contributed by atoms with Crippen molar-refractivity contribution < 1.29 is 9.53 Å². The van der Waals surface area contributed by atoms with E-state index in [1.165, 1.54) is 11.3 Å². The maximum absolute atomic E-state index is 11.6. The van der Waals surface area contributed by atoms with Crippen molar-refractivity contribution in [2.24, 2.45) is 0 Å². The minimum Gasteiger partial charge on any atom is -0.444 e. The maximum atomic E-state index is 11.6. The molecule has 0 saturated heterocycles. The topological polar surface area (TPSA) is 62.1 Å². The lowest BCUT2D eigenvalue weighted by Gasteiger charge is -2.05. The summed E-state index contributed by atoms with van der Waals surface area (Å²) in [5.74, 6) is 0. The Morgan fingerprint density at radius 1 is 1.42 bits per heavy atom. The Morgan fingerprint density at radius 2 is 2.16 bits per heavy atom. The summed E-state index contributed by atoms with van der Waals surface area (Å²) in [4.78, 5) is 12.6. The van der Waals surface area contributed by atoms with Gasteiger partial charge in [-0.3, -0.25) is 5.32 Å². The predicted octanol–water partition coefficient (Wildman–Crippen LogP) is 3.68. The predicted molar refractivity (Wildman–Crippen MR) is 74.0 cm³/mol. The van der Waals surface area contributed by atoms with E-state index in [1.54, 1.807) is 6.07 Å². The van der Waals surface area contributed by atoms with Crippen LogP contribution in [0.3, 0.4) is 0 Å². The average molecular weight is 272 g/mol. The molecule has 1 amide bonds. The largest absolute Gasteiger partial charge is 0.444 e. The number of ether oxygens (including phenoxy) is 1. The molecule has 19 heavy (non-hydrogen) atoms. The van der Waals surface area contributed by atoms with Crippen molar-refractivity contribution in [1.29, 1.82) is 5.26 Å². The Balaban J connectivity index is 1.93. The third-order valence-electron chi connectivity index (χ3n) is 2.40. The van der Waals surface area contributed by atoms with Gasteiger partial charge in [-0.1, -0.05) is 30.3 Å². The number of hydrogen-bond donors (Lipinski definition) is 1. The first-order chi connectivity index (χ1) is 9.19. The summed E-state index contributed by atoms with van der Waals surface area (Å²) in [5.41, 5.74) is 1.37. The van der Waals surface area contributed by atoms with Gasteiger partial charge in [0.2, 0.25) is 0 Å². The molecule has 0 bridgehead atoms. The second-order valence-corrected chi connectivity index (χ2v) is 5.15. The average Bonchev–Trinajstić information content (AvgIpc) is 2.77. The lowest BCUT2D eigenvalue weighted by molar-refractivity contribution is 0.155. The molecule has 1 aromatic carbocycles. The fraction of sp³-hybridized carbons (Fsp3) is 0.143. The monoisotopic (exact) mass is 272 g/mol. The summed E-state index contributed by atoms with van der Waals surface area (Å²) < 4.78 is 5.09. The minimum atomic E-state index is -0.554. The van der Waals surface area contributed by atoms with Gasteiger partial charge in [0.1, 0.15) is 17.7 Å². The van der Waals surface area contributed by atoms with Crippen molar-refractivity contribution in [2.45, 2.75) is 13.5 Å². The fourth-order valence-corrected chi connectivity index (χ4v) is 2.39. The molecular formula is C14H12N2O2S. The van der Waals surface area contributed by atoms with Gasteiger partial charge in [0, 0.05) is 4.88 Å². The van der Waals surface area contributed by atoms with Gasteiger partial charge >= 0.3 is 6.09 Å². The van der Waals surface area contributed by atoms with Crippen LogP contribution in [0.5, 0.6) is 0 Å². The van der Waals surface area contributed by atoms with Crippen LogP contribution in [0.25, 0.3) is 0 Å². The normalized spacial score (nSPS) is 9.68. The van der Waals surface area contributed by atoms with Crippen LogP contribution in [-0.2, 0) is 11.3 Å². The van der Waals surface area contributed by atoms with Gasteiger partial charge in [-0.05, 0) is 18.6 Å². The molecule has 0 aliphatic carbocycles. The highest BCUT2D eigenvalue weighted by molar-refractivity contribution is 7.16. The SMILES string of the molecule is Cc1cc(C#N)c(NC(=O)OCc2ccccc2)s1. The molecule has 0 spiro atoms. The van der Waals surface area contributed by atoms with Gasteiger partial charge in [0.05, 0.1) is 5.56 Å². The number of carbonyl (C=O) groups excluding carboxylic acids is 1. The van der Waals surface area contributed by atoms with Crippen molar-refractivity contribution in [1.82, 2.24) is 0 Å². The van der Waals surface area contributed by atoms with Crippen molar-refractivity contribution >= 4 is 22.4 Å². The number of hydrogen-bond acceptors (Lipinski definition) is 4. The summed E-state index contributed by atoms with van der Waals surface area (Å²) in [5, 5.41) is 12.0. The zero-order valence-electron chi connectivity index (χ0n) is 10.3. The second kappa shape index (κ2) is 6.03. The molecule has 5 heteroatoms. The quantitative estimate of drug-likeness (QED) is 0.927. The third-order valence-corrected chi connectivity index (χ3v) is 3.37. The molecule has 0 aliphatic rings. The summed E-state index contributed by atoms with van der Waals surface area (Å²) in [6.45, 7) is 2.09. The van der Waals surface area contributed by atoms with Crippen LogP contribution in [0.1, 0.15) is 16.0 Å². The molecule has 0 saturated carbocycles. The van der Waals surface area contributed by atoms with Crippen LogP contribution in [0.2, 0.25) is 0 Å². The van der Waals surface area contributed by atoms with Gasteiger partial charge < -0.3 is 4.74 Å². The number of anilines is 1. The van der Waals surface area contributed by atoms with Crippen LogP contribution >= 0.6 is 11.3 Å². The molecule has 1 aromatic heterocycles. The smallest absolute Gasteiger partial charge is 0.412 e. The Kier molecular flexibility index (Phi) is 4.16. The van der Waals surface area contributed by atoms with Crippen molar-refractivity contribution in [2.75, 3.05) is 5.32 Å². The first-order valence-electron chi connectivity index (χ1n) is 5.67. The molecule has 0 aliphatic heterocycles. The zero-order valence-corrected chi connectivity index (χ0v) is 11.2.